The quantitative estimate of drug-likeness (QED) is 0.720. The van der Waals surface area contributed by atoms with Crippen molar-refractivity contribution in [2.75, 3.05) is 19.6 Å². The molecule has 2 aliphatic rings. The minimum atomic E-state index is 0.264. The van der Waals surface area contributed by atoms with E-state index in [0.717, 1.165) is 45.4 Å². The van der Waals surface area contributed by atoms with Crippen LogP contribution in [0.25, 0.3) is 0 Å². The number of nitrogens with one attached hydrogen (secondary N) is 1. The Kier molecular flexibility index (Phi) is 5.65. The summed E-state index contributed by atoms with van der Waals surface area (Å²) in [4.78, 5) is 18.0. The number of benzene rings is 1. The summed E-state index contributed by atoms with van der Waals surface area (Å²) in [5.74, 6) is 0.561. The van der Waals surface area contributed by atoms with Crippen molar-refractivity contribution in [3.63, 3.8) is 0 Å². The van der Waals surface area contributed by atoms with Gasteiger partial charge in [-0.3, -0.25) is 9.69 Å². The Balaban J connectivity index is 1.16. The second kappa shape index (κ2) is 8.15. The van der Waals surface area contributed by atoms with Crippen molar-refractivity contribution in [2.45, 2.75) is 45.6 Å². The number of aryl methyl sites for hydroxylation is 2. The molecule has 1 atom stereocenters. The topological polar surface area (TPSA) is 32.3 Å². The SMILES string of the molecule is Cc1ccc(CN2CCC3(CC2)CC3C(=O)NCCCc2ccccc2)s1. The Morgan fingerprint density at radius 2 is 1.96 bits per heavy atom. The largest absolute Gasteiger partial charge is 0.356 e. The molecule has 1 spiro atoms. The molecule has 1 unspecified atom stereocenters. The van der Waals surface area contributed by atoms with E-state index in [9.17, 15) is 4.79 Å². The Bertz CT molecular complexity index is 762. The van der Waals surface area contributed by atoms with E-state index in [-0.39, 0.29) is 5.92 Å². The minimum absolute atomic E-state index is 0.264. The second-order valence-corrected chi connectivity index (χ2v) is 9.66. The van der Waals surface area contributed by atoms with Gasteiger partial charge in [0.25, 0.3) is 0 Å². The average molecular weight is 383 g/mol. The third-order valence-electron chi connectivity index (χ3n) is 6.32. The van der Waals surface area contributed by atoms with Crippen LogP contribution >= 0.6 is 11.3 Å². The fraction of sp³-hybridized carbons (Fsp3) is 0.522. The van der Waals surface area contributed by atoms with Crippen LogP contribution < -0.4 is 5.32 Å². The van der Waals surface area contributed by atoms with Gasteiger partial charge in [0.05, 0.1) is 0 Å². The van der Waals surface area contributed by atoms with Crippen molar-refractivity contribution >= 4 is 17.2 Å². The summed E-state index contributed by atoms with van der Waals surface area (Å²) < 4.78 is 0. The molecule has 27 heavy (non-hydrogen) atoms. The highest BCUT2D eigenvalue weighted by molar-refractivity contribution is 7.11. The summed E-state index contributed by atoms with van der Waals surface area (Å²) >= 11 is 1.91. The molecule has 1 saturated heterocycles. The predicted molar refractivity (Wildman–Crippen MR) is 112 cm³/mol. The second-order valence-electron chi connectivity index (χ2n) is 8.29. The fourth-order valence-corrected chi connectivity index (χ4v) is 5.42. The lowest BCUT2D eigenvalue weighted by molar-refractivity contribution is -0.123. The molecule has 2 heterocycles. The van der Waals surface area contributed by atoms with Crippen molar-refractivity contribution in [1.82, 2.24) is 10.2 Å². The van der Waals surface area contributed by atoms with Crippen LogP contribution in [-0.2, 0) is 17.8 Å². The first kappa shape index (κ1) is 18.7. The van der Waals surface area contributed by atoms with Crippen molar-refractivity contribution in [3.8, 4) is 0 Å². The van der Waals surface area contributed by atoms with Crippen LogP contribution in [0.5, 0.6) is 0 Å². The molecule has 4 rings (SSSR count). The van der Waals surface area contributed by atoms with Crippen LogP contribution in [0.3, 0.4) is 0 Å². The van der Waals surface area contributed by atoms with Gasteiger partial charge in [-0.1, -0.05) is 30.3 Å². The number of carbonyl (C=O) groups excluding carboxylic acids is 1. The van der Waals surface area contributed by atoms with Gasteiger partial charge in [-0.15, -0.1) is 11.3 Å². The van der Waals surface area contributed by atoms with E-state index < -0.39 is 0 Å². The van der Waals surface area contributed by atoms with Gasteiger partial charge in [0.2, 0.25) is 5.91 Å². The Hall–Kier alpha value is -1.65. The Morgan fingerprint density at radius 1 is 1.19 bits per heavy atom. The van der Waals surface area contributed by atoms with Crippen LogP contribution in [0, 0.1) is 18.3 Å². The number of nitrogens with zero attached hydrogens (tertiary/aromatic N) is 1. The highest BCUT2D eigenvalue weighted by Gasteiger charge is 2.58. The number of carbonyl (C=O) groups is 1. The molecule has 2 aromatic rings. The molecule has 2 fully saturated rings. The van der Waals surface area contributed by atoms with Gasteiger partial charge in [-0.05, 0) is 75.2 Å². The van der Waals surface area contributed by atoms with Gasteiger partial charge in [0, 0.05) is 28.8 Å². The lowest BCUT2D eigenvalue weighted by Crippen LogP contribution is -2.36. The molecule has 0 bridgehead atoms. The van der Waals surface area contributed by atoms with Crippen LogP contribution in [0.15, 0.2) is 42.5 Å². The molecule has 4 heteroatoms. The Morgan fingerprint density at radius 3 is 2.67 bits per heavy atom. The normalized spacial score (nSPS) is 21.3. The number of hydrogen-bond donors (Lipinski definition) is 1. The molecule has 1 N–H and O–H groups in total. The summed E-state index contributed by atoms with van der Waals surface area (Å²) in [5.41, 5.74) is 1.66. The molecule has 144 valence electrons. The van der Waals surface area contributed by atoms with E-state index in [4.69, 9.17) is 0 Å². The zero-order chi connectivity index (χ0) is 18.7. The maximum Gasteiger partial charge on any atom is 0.223 e. The minimum Gasteiger partial charge on any atom is -0.356 e. The van der Waals surface area contributed by atoms with Crippen molar-refractivity contribution in [3.05, 3.63) is 57.8 Å². The smallest absolute Gasteiger partial charge is 0.223 e. The first-order chi connectivity index (χ1) is 13.1. The summed E-state index contributed by atoms with van der Waals surface area (Å²) in [6, 6.07) is 15.0. The summed E-state index contributed by atoms with van der Waals surface area (Å²) in [6.07, 6.45) is 5.51. The number of hydrogen-bond acceptors (Lipinski definition) is 3. The molecule has 3 nitrogen and oxygen atoms in total. The van der Waals surface area contributed by atoms with Crippen LogP contribution in [0.1, 0.15) is 41.0 Å². The Labute approximate surface area is 166 Å². The molecule has 1 amide bonds. The zero-order valence-corrected chi connectivity index (χ0v) is 17.1. The number of piperidine rings is 1. The molecule has 1 saturated carbocycles. The van der Waals surface area contributed by atoms with Crippen molar-refractivity contribution < 1.29 is 4.79 Å². The molecule has 1 aliphatic carbocycles. The van der Waals surface area contributed by atoms with Crippen LogP contribution in [0.4, 0.5) is 0 Å². The zero-order valence-electron chi connectivity index (χ0n) is 16.2. The van der Waals surface area contributed by atoms with Gasteiger partial charge in [0.1, 0.15) is 0 Å². The average Bonchev–Trinajstić information content (AvgIpc) is 3.24. The van der Waals surface area contributed by atoms with Gasteiger partial charge < -0.3 is 5.32 Å². The molecular weight excluding hydrogens is 352 g/mol. The lowest BCUT2D eigenvalue weighted by atomic mass is 9.90. The molecule has 1 aliphatic heterocycles. The number of likely N-dealkylation sites (tertiary alicyclic amines) is 1. The highest BCUT2D eigenvalue weighted by atomic mass is 32.1. The first-order valence-corrected chi connectivity index (χ1v) is 11.1. The van der Waals surface area contributed by atoms with E-state index >= 15 is 0 Å². The third kappa shape index (κ3) is 4.61. The van der Waals surface area contributed by atoms with E-state index in [1.54, 1.807) is 0 Å². The lowest BCUT2D eigenvalue weighted by Gasteiger charge is -2.32. The summed E-state index contributed by atoms with van der Waals surface area (Å²) in [7, 11) is 0. The van der Waals surface area contributed by atoms with Crippen LogP contribution in [-0.4, -0.2) is 30.4 Å². The molecule has 1 aromatic heterocycles. The number of rotatable bonds is 7. The molecular formula is C23H30N2OS. The van der Waals surface area contributed by atoms with Crippen LogP contribution in [0.2, 0.25) is 0 Å². The maximum atomic E-state index is 12.5. The first-order valence-electron chi connectivity index (χ1n) is 10.2. The van der Waals surface area contributed by atoms with Gasteiger partial charge in [-0.2, -0.15) is 0 Å². The number of amides is 1. The molecule has 1 aromatic carbocycles. The standard InChI is InChI=1S/C23H30N2OS/c1-18-9-10-20(27-18)17-25-14-11-23(12-15-25)16-21(23)22(26)24-13-5-8-19-6-3-2-4-7-19/h2-4,6-7,9-10,21H,5,8,11-17H2,1H3,(H,24,26). The monoisotopic (exact) mass is 382 g/mol. The maximum absolute atomic E-state index is 12.5. The summed E-state index contributed by atoms with van der Waals surface area (Å²) in [6.45, 7) is 6.31. The van der Waals surface area contributed by atoms with Gasteiger partial charge in [0.15, 0.2) is 0 Å². The fourth-order valence-electron chi connectivity index (χ4n) is 4.49. The van der Waals surface area contributed by atoms with Gasteiger partial charge in [-0.25, -0.2) is 0 Å². The van der Waals surface area contributed by atoms with Gasteiger partial charge >= 0.3 is 0 Å². The highest BCUT2D eigenvalue weighted by Crippen LogP contribution is 2.59. The molecule has 0 radical (unpaired) electrons. The predicted octanol–water partition coefficient (Wildman–Crippen LogP) is 4.41. The van der Waals surface area contributed by atoms with Crippen molar-refractivity contribution in [2.24, 2.45) is 11.3 Å². The van der Waals surface area contributed by atoms with E-state index in [2.05, 4.69) is 53.5 Å². The van der Waals surface area contributed by atoms with Crippen molar-refractivity contribution in [1.29, 1.82) is 0 Å². The number of thiophene rings is 1. The third-order valence-corrected chi connectivity index (χ3v) is 7.30. The summed E-state index contributed by atoms with van der Waals surface area (Å²) in [5, 5.41) is 3.19. The van der Waals surface area contributed by atoms with E-state index in [1.165, 1.54) is 28.2 Å². The van der Waals surface area contributed by atoms with E-state index in [1.807, 2.05) is 17.4 Å². The van der Waals surface area contributed by atoms with E-state index in [0.29, 0.717) is 11.3 Å².